The molecule has 0 bridgehead atoms. The SMILES string of the molecule is OC1(O)CCC2CC(F)C(O)(O)N21. The quantitative estimate of drug-likeness (QED) is 0.351. The zero-order valence-corrected chi connectivity index (χ0v) is 6.89. The molecule has 2 rings (SSSR count). The summed E-state index contributed by atoms with van der Waals surface area (Å²) in [6, 6.07) is -0.500. The van der Waals surface area contributed by atoms with E-state index in [4.69, 9.17) is 0 Å². The van der Waals surface area contributed by atoms with Gasteiger partial charge in [0.25, 0.3) is 5.91 Å². The van der Waals surface area contributed by atoms with Crippen LogP contribution in [0.3, 0.4) is 0 Å². The lowest BCUT2D eigenvalue weighted by Crippen LogP contribution is -2.59. The highest BCUT2D eigenvalue weighted by molar-refractivity contribution is 5.00. The highest BCUT2D eigenvalue weighted by atomic mass is 19.1. The van der Waals surface area contributed by atoms with E-state index in [0.29, 0.717) is 11.3 Å². The number of aliphatic hydroxyl groups is 4. The fourth-order valence-corrected chi connectivity index (χ4v) is 2.21. The molecule has 13 heavy (non-hydrogen) atoms. The van der Waals surface area contributed by atoms with Gasteiger partial charge in [0.05, 0.1) is 0 Å². The lowest BCUT2D eigenvalue weighted by atomic mass is 10.1. The molecule has 0 saturated carbocycles. The van der Waals surface area contributed by atoms with Crippen molar-refractivity contribution >= 4 is 0 Å². The molecule has 2 unspecified atom stereocenters. The first-order valence-electron chi connectivity index (χ1n) is 4.19. The molecule has 2 fully saturated rings. The smallest absolute Gasteiger partial charge is 0.262 e. The van der Waals surface area contributed by atoms with Gasteiger partial charge in [-0.15, -0.1) is 0 Å². The van der Waals surface area contributed by atoms with Crippen molar-refractivity contribution in [3.05, 3.63) is 0 Å². The van der Waals surface area contributed by atoms with Crippen molar-refractivity contribution in [2.75, 3.05) is 0 Å². The maximum atomic E-state index is 13.0. The number of alkyl halides is 1. The van der Waals surface area contributed by atoms with E-state index in [0.717, 1.165) is 0 Å². The molecule has 6 heteroatoms. The van der Waals surface area contributed by atoms with E-state index in [9.17, 15) is 24.8 Å². The number of halogens is 1. The summed E-state index contributed by atoms with van der Waals surface area (Å²) in [6.45, 7) is 0. The van der Waals surface area contributed by atoms with Crippen molar-refractivity contribution in [1.82, 2.24) is 4.90 Å². The van der Waals surface area contributed by atoms with Gasteiger partial charge in [0.1, 0.15) is 0 Å². The lowest BCUT2D eigenvalue weighted by Gasteiger charge is -2.35. The van der Waals surface area contributed by atoms with Gasteiger partial charge in [0.2, 0.25) is 5.91 Å². The normalized spacial score (nSPS) is 42.2. The van der Waals surface area contributed by atoms with Crippen molar-refractivity contribution < 1.29 is 24.8 Å². The van der Waals surface area contributed by atoms with E-state index >= 15 is 0 Å². The number of fused-ring (bicyclic) bond motifs is 1. The zero-order valence-electron chi connectivity index (χ0n) is 6.89. The maximum absolute atomic E-state index is 13.0. The van der Waals surface area contributed by atoms with Gasteiger partial charge in [-0.3, -0.25) is 0 Å². The Labute approximate surface area is 74.0 Å². The third kappa shape index (κ3) is 1.10. The van der Waals surface area contributed by atoms with Gasteiger partial charge in [-0.2, -0.15) is 4.90 Å². The second-order valence-electron chi connectivity index (χ2n) is 3.73. The Morgan fingerprint density at radius 3 is 2.38 bits per heavy atom. The summed E-state index contributed by atoms with van der Waals surface area (Å²) in [5.41, 5.74) is 0. The molecule has 5 nitrogen and oxygen atoms in total. The topological polar surface area (TPSA) is 84.2 Å². The third-order valence-electron chi connectivity index (χ3n) is 2.82. The van der Waals surface area contributed by atoms with Crippen LogP contribution in [-0.4, -0.2) is 49.4 Å². The fraction of sp³-hybridized carbons (Fsp3) is 1.00. The summed E-state index contributed by atoms with van der Waals surface area (Å²) in [6.07, 6.45) is -1.56. The minimum Gasteiger partial charge on any atom is -0.353 e. The summed E-state index contributed by atoms with van der Waals surface area (Å²) in [5, 5.41) is 37.1. The Kier molecular flexibility index (Phi) is 1.71. The van der Waals surface area contributed by atoms with Crippen molar-refractivity contribution in [3.8, 4) is 0 Å². The predicted octanol–water partition coefficient (Wildman–Crippen LogP) is -1.53. The molecule has 2 saturated heterocycles. The number of nitrogens with zero attached hydrogens (tertiary/aromatic N) is 1. The van der Waals surface area contributed by atoms with Crippen molar-refractivity contribution in [1.29, 1.82) is 0 Å². The van der Waals surface area contributed by atoms with Crippen LogP contribution in [0, 0.1) is 0 Å². The van der Waals surface area contributed by atoms with E-state index in [1.54, 1.807) is 0 Å². The molecular formula is C7H12FNO4. The second-order valence-corrected chi connectivity index (χ2v) is 3.73. The summed E-state index contributed by atoms with van der Waals surface area (Å²) in [5.74, 6) is -5.04. The molecule has 0 amide bonds. The average molecular weight is 193 g/mol. The summed E-state index contributed by atoms with van der Waals surface area (Å²) in [7, 11) is 0. The zero-order chi connectivity index (χ0) is 9.85. The van der Waals surface area contributed by atoms with Crippen LogP contribution in [0.15, 0.2) is 0 Å². The largest absolute Gasteiger partial charge is 0.353 e. The molecule has 2 aliphatic heterocycles. The van der Waals surface area contributed by atoms with Gasteiger partial charge in [0, 0.05) is 18.9 Å². The van der Waals surface area contributed by atoms with Gasteiger partial charge in [-0.1, -0.05) is 0 Å². The van der Waals surface area contributed by atoms with Crippen molar-refractivity contribution in [3.63, 3.8) is 0 Å². The number of hydrogen-bond donors (Lipinski definition) is 4. The van der Waals surface area contributed by atoms with Gasteiger partial charge in [-0.05, 0) is 6.42 Å². The van der Waals surface area contributed by atoms with Crippen LogP contribution in [0.5, 0.6) is 0 Å². The van der Waals surface area contributed by atoms with Crippen LogP contribution in [0.1, 0.15) is 19.3 Å². The third-order valence-corrected chi connectivity index (χ3v) is 2.82. The Morgan fingerprint density at radius 1 is 1.23 bits per heavy atom. The first kappa shape index (κ1) is 9.29. The first-order valence-corrected chi connectivity index (χ1v) is 4.19. The number of rotatable bonds is 0. The van der Waals surface area contributed by atoms with E-state index < -0.39 is 24.0 Å². The first-order chi connectivity index (χ1) is 5.86. The average Bonchev–Trinajstić information content (AvgIpc) is 2.36. The molecule has 0 spiro atoms. The molecule has 0 radical (unpaired) electrons. The molecule has 2 aliphatic rings. The fourth-order valence-electron chi connectivity index (χ4n) is 2.21. The van der Waals surface area contributed by atoms with Gasteiger partial charge in [-0.25, -0.2) is 4.39 Å². The Balaban J connectivity index is 2.32. The number of hydrogen-bond acceptors (Lipinski definition) is 5. The summed E-state index contributed by atoms with van der Waals surface area (Å²) >= 11 is 0. The molecule has 76 valence electrons. The minimum absolute atomic E-state index is 0.00720. The van der Waals surface area contributed by atoms with E-state index in [2.05, 4.69) is 0 Å². The van der Waals surface area contributed by atoms with Gasteiger partial charge in [0.15, 0.2) is 6.17 Å². The molecular weight excluding hydrogens is 181 g/mol. The van der Waals surface area contributed by atoms with Crippen LogP contribution >= 0.6 is 0 Å². The van der Waals surface area contributed by atoms with Crippen molar-refractivity contribution in [2.45, 2.75) is 43.3 Å². The Bertz CT molecular complexity index is 233. The van der Waals surface area contributed by atoms with Crippen molar-refractivity contribution in [2.24, 2.45) is 0 Å². The summed E-state index contributed by atoms with van der Waals surface area (Å²) < 4.78 is 13.0. The molecule has 2 heterocycles. The second kappa shape index (κ2) is 2.40. The van der Waals surface area contributed by atoms with Crippen LogP contribution in [0.4, 0.5) is 4.39 Å². The molecule has 0 aromatic heterocycles. The highest BCUT2D eigenvalue weighted by Crippen LogP contribution is 2.44. The van der Waals surface area contributed by atoms with E-state index in [-0.39, 0.29) is 12.8 Å². The minimum atomic E-state index is -2.75. The monoisotopic (exact) mass is 193 g/mol. The van der Waals surface area contributed by atoms with Crippen LogP contribution in [0.25, 0.3) is 0 Å². The van der Waals surface area contributed by atoms with Gasteiger partial charge < -0.3 is 20.4 Å². The standard InChI is InChI=1S/C7H12FNO4/c8-5-3-4-1-2-6(10,11)9(4)7(5,12)13/h4-5,10-13H,1-3H2. The molecule has 0 aromatic carbocycles. The van der Waals surface area contributed by atoms with Crippen LogP contribution in [0.2, 0.25) is 0 Å². The van der Waals surface area contributed by atoms with E-state index in [1.165, 1.54) is 0 Å². The van der Waals surface area contributed by atoms with Gasteiger partial charge >= 0.3 is 0 Å². The van der Waals surface area contributed by atoms with Crippen LogP contribution in [-0.2, 0) is 0 Å². The molecule has 0 aliphatic carbocycles. The predicted molar refractivity (Wildman–Crippen MR) is 38.7 cm³/mol. The Morgan fingerprint density at radius 2 is 1.85 bits per heavy atom. The molecule has 2 atom stereocenters. The summed E-state index contributed by atoms with van der Waals surface area (Å²) in [4.78, 5) is 0.630. The Hall–Kier alpha value is -0.270. The molecule has 0 aromatic rings. The highest BCUT2D eigenvalue weighted by Gasteiger charge is 2.62. The maximum Gasteiger partial charge on any atom is 0.262 e. The van der Waals surface area contributed by atoms with E-state index in [1.807, 2.05) is 0 Å². The lowest BCUT2D eigenvalue weighted by molar-refractivity contribution is -0.373. The molecule has 4 N–H and O–H groups in total. The van der Waals surface area contributed by atoms with Crippen LogP contribution < -0.4 is 0 Å².